The van der Waals surface area contributed by atoms with Crippen LogP contribution in [0.1, 0.15) is 21.5 Å². The first-order valence-electron chi connectivity index (χ1n) is 6.15. The van der Waals surface area contributed by atoms with Crippen molar-refractivity contribution in [3.63, 3.8) is 0 Å². The maximum Gasteiger partial charge on any atom is 0.340 e. The maximum atomic E-state index is 13.5. The lowest BCUT2D eigenvalue weighted by Gasteiger charge is -2.12. The van der Waals surface area contributed by atoms with E-state index in [4.69, 9.17) is 4.74 Å². The number of halogens is 1. The first-order chi connectivity index (χ1) is 9.52. The molecular formula is C16H15FO3. The zero-order valence-corrected chi connectivity index (χ0v) is 11.6. The molecule has 104 valence electrons. The van der Waals surface area contributed by atoms with E-state index < -0.39 is 11.8 Å². The third-order valence-electron chi connectivity index (χ3n) is 2.97. The van der Waals surface area contributed by atoms with E-state index in [1.54, 1.807) is 0 Å². The van der Waals surface area contributed by atoms with E-state index in [9.17, 15) is 9.18 Å². The summed E-state index contributed by atoms with van der Waals surface area (Å²) in [7, 11) is 1.21. The standard InChI is InChI=1S/C16H15FO3/c1-10-5-4-6-11(2)15(10)20-12-7-8-14(17)13(9-12)16(18)19-3/h4-9H,1-3H3. The lowest BCUT2D eigenvalue weighted by Crippen LogP contribution is -2.04. The fourth-order valence-electron chi connectivity index (χ4n) is 1.91. The van der Waals surface area contributed by atoms with Crippen molar-refractivity contribution in [3.05, 3.63) is 58.9 Å². The number of ether oxygens (including phenoxy) is 2. The Hall–Kier alpha value is -2.36. The highest BCUT2D eigenvalue weighted by Crippen LogP contribution is 2.29. The van der Waals surface area contributed by atoms with Gasteiger partial charge in [-0.2, -0.15) is 0 Å². The molecule has 2 aromatic carbocycles. The number of esters is 1. The highest BCUT2D eigenvalue weighted by Gasteiger charge is 2.14. The van der Waals surface area contributed by atoms with Gasteiger partial charge in [-0.25, -0.2) is 9.18 Å². The van der Waals surface area contributed by atoms with Crippen molar-refractivity contribution in [1.82, 2.24) is 0 Å². The second kappa shape index (κ2) is 5.74. The Morgan fingerprint density at radius 3 is 2.35 bits per heavy atom. The molecule has 0 fully saturated rings. The second-order valence-corrected chi connectivity index (χ2v) is 4.46. The van der Waals surface area contributed by atoms with Gasteiger partial charge in [0.05, 0.1) is 12.7 Å². The number of hydrogen-bond acceptors (Lipinski definition) is 3. The SMILES string of the molecule is COC(=O)c1cc(Oc2c(C)cccc2C)ccc1F. The Balaban J connectivity index is 2.37. The van der Waals surface area contributed by atoms with Crippen LogP contribution in [-0.2, 0) is 4.74 Å². The number of benzene rings is 2. The second-order valence-electron chi connectivity index (χ2n) is 4.46. The minimum atomic E-state index is -0.727. The molecule has 0 aromatic heterocycles. The van der Waals surface area contributed by atoms with Gasteiger partial charge in [-0.05, 0) is 43.2 Å². The molecule has 0 saturated heterocycles. The summed E-state index contributed by atoms with van der Waals surface area (Å²) in [6, 6.07) is 9.79. The van der Waals surface area contributed by atoms with Crippen LogP contribution in [0.4, 0.5) is 4.39 Å². The molecule has 0 N–H and O–H groups in total. The summed E-state index contributed by atoms with van der Waals surface area (Å²) < 4.78 is 23.8. The van der Waals surface area contributed by atoms with Crippen molar-refractivity contribution in [2.75, 3.05) is 7.11 Å². The van der Waals surface area contributed by atoms with E-state index in [2.05, 4.69) is 4.74 Å². The molecule has 0 radical (unpaired) electrons. The average molecular weight is 274 g/mol. The van der Waals surface area contributed by atoms with Crippen molar-refractivity contribution in [2.24, 2.45) is 0 Å². The zero-order valence-electron chi connectivity index (χ0n) is 11.6. The molecule has 0 spiro atoms. The quantitative estimate of drug-likeness (QED) is 0.793. The van der Waals surface area contributed by atoms with Crippen LogP contribution in [-0.4, -0.2) is 13.1 Å². The van der Waals surface area contributed by atoms with E-state index in [0.717, 1.165) is 11.1 Å². The van der Waals surface area contributed by atoms with Crippen molar-refractivity contribution >= 4 is 5.97 Å². The molecule has 0 unspecified atom stereocenters. The van der Waals surface area contributed by atoms with E-state index in [0.29, 0.717) is 11.5 Å². The largest absolute Gasteiger partial charge is 0.465 e. The molecule has 4 heteroatoms. The van der Waals surface area contributed by atoms with Crippen LogP contribution in [0.2, 0.25) is 0 Å². The summed E-state index contributed by atoms with van der Waals surface area (Å²) in [5.41, 5.74) is 1.79. The lowest BCUT2D eigenvalue weighted by atomic mass is 10.1. The maximum absolute atomic E-state index is 13.5. The molecule has 0 heterocycles. The predicted octanol–water partition coefficient (Wildman–Crippen LogP) is 4.02. The third kappa shape index (κ3) is 2.79. The predicted molar refractivity (Wildman–Crippen MR) is 73.7 cm³/mol. The first kappa shape index (κ1) is 14.1. The fourth-order valence-corrected chi connectivity index (χ4v) is 1.91. The summed E-state index contributed by atoms with van der Waals surface area (Å²) in [6.45, 7) is 3.85. The highest BCUT2D eigenvalue weighted by atomic mass is 19.1. The van der Waals surface area contributed by atoms with Crippen LogP contribution in [0.3, 0.4) is 0 Å². The highest BCUT2D eigenvalue weighted by molar-refractivity contribution is 5.90. The smallest absolute Gasteiger partial charge is 0.340 e. The number of hydrogen-bond donors (Lipinski definition) is 0. The van der Waals surface area contributed by atoms with Gasteiger partial charge < -0.3 is 9.47 Å². The molecular weight excluding hydrogens is 259 g/mol. The molecule has 0 aliphatic carbocycles. The Morgan fingerprint density at radius 2 is 1.75 bits per heavy atom. The van der Waals surface area contributed by atoms with Crippen LogP contribution in [0.15, 0.2) is 36.4 Å². The van der Waals surface area contributed by atoms with Crippen LogP contribution in [0.5, 0.6) is 11.5 Å². The van der Waals surface area contributed by atoms with Gasteiger partial charge >= 0.3 is 5.97 Å². The average Bonchev–Trinajstić information content (AvgIpc) is 2.44. The molecule has 0 aliphatic heterocycles. The summed E-state index contributed by atoms with van der Waals surface area (Å²) in [5, 5.41) is 0. The van der Waals surface area contributed by atoms with Crippen molar-refractivity contribution in [3.8, 4) is 11.5 Å². The van der Waals surface area contributed by atoms with Gasteiger partial charge in [-0.15, -0.1) is 0 Å². The third-order valence-corrected chi connectivity index (χ3v) is 2.97. The van der Waals surface area contributed by atoms with E-state index in [-0.39, 0.29) is 5.56 Å². The van der Waals surface area contributed by atoms with Crippen molar-refractivity contribution < 1.29 is 18.7 Å². The molecule has 2 rings (SSSR count). The van der Waals surface area contributed by atoms with E-state index in [1.165, 1.54) is 25.3 Å². The molecule has 0 amide bonds. The Bertz CT molecular complexity index is 630. The van der Waals surface area contributed by atoms with Crippen LogP contribution in [0, 0.1) is 19.7 Å². The lowest BCUT2D eigenvalue weighted by molar-refractivity contribution is 0.0595. The number of para-hydroxylation sites is 1. The summed E-state index contributed by atoms with van der Waals surface area (Å²) in [5.74, 6) is -0.265. The van der Waals surface area contributed by atoms with Crippen molar-refractivity contribution in [1.29, 1.82) is 0 Å². The normalized spacial score (nSPS) is 10.2. The number of aryl methyl sites for hydroxylation is 2. The first-order valence-corrected chi connectivity index (χ1v) is 6.15. The molecule has 20 heavy (non-hydrogen) atoms. The Morgan fingerprint density at radius 1 is 1.10 bits per heavy atom. The van der Waals surface area contributed by atoms with Gasteiger partial charge in [0.2, 0.25) is 0 Å². The number of rotatable bonds is 3. The summed E-state index contributed by atoms with van der Waals surface area (Å²) >= 11 is 0. The van der Waals surface area contributed by atoms with Gasteiger partial charge in [0, 0.05) is 0 Å². The van der Waals surface area contributed by atoms with Crippen molar-refractivity contribution in [2.45, 2.75) is 13.8 Å². The fraction of sp³-hybridized carbons (Fsp3) is 0.188. The molecule has 3 nitrogen and oxygen atoms in total. The van der Waals surface area contributed by atoms with E-state index in [1.807, 2.05) is 32.0 Å². The Kier molecular flexibility index (Phi) is 4.03. The minimum absolute atomic E-state index is 0.142. The van der Waals surface area contributed by atoms with Gasteiger partial charge in [0.25, 0.3) is 0 Å². The molecule has 0 atom stereocenters. The number of methoxy groups -OCH3 is 1. The zero-order chi connectivity index (χ0) is 14.7. The topological polar surface area (TPSA) is 35.5 Å². The van der Waals surface area contributed by atoms with Crippen LogP contribution >= 0.6 is 0 Å². The van der Waals surface area contributed by atoms with Gasteiger partial charge in [-0.3, -0.25) is 0 Å². The Labute approximate surface area is 117 Å². The van der Waals surface area contributed by atoms with Crippen LogP contribution < -0.4 is 4.74 Å². The van der Waals surface area contributed by atoms with E-state index >= 15 is 0 Å². The van der Waals surface area contributed by atoms with Crippen LogP contribution in [0.25, 0.3) is 0 Å². The monoisotopic (exact) mass is 274 g/mol. The number of carbonyl (C=O) groups excluding carboxylic acids is 1. The van der Waals surface area contributed by atoms with Gasteiger partial charge in [0.15, 0.2) is 0 Å². The summed E-state index contributed by atoms with van der Waals surface area (Å²) in [6.07, 6.45) is 0. The van der Waals surface area contributed by atoms with Gasteiger partial charge in [0.1, 0.15) is 17.3 Å². The minimum Gasteiger partial charge on any atom is -0.465 e. The number of carbonyl (C=O) groups is 1. The molecule has 0 bridgehead atoms. The van der Waals surface area contributed by atoms with Gasteiger partial charge in [-0.1, -0.05) is 18.2 Å². The molecule has 0 aliphatic rings. The molecule has 2 aromatic rings. The molecule has 0 saturated carbocycles. The summed E-state index contributed by atoms with van der Waals surface area (Å²) in [4.78, 5) is 11.5.